The Morgan fingerprint density at radius 2 is 1.96 bits per heavy atom. The van der Waals surface area contributed by atoms with Gasteiger partial charge in [0, 0.05) is 10.9 Å². The van der Waals surface area contributed by atoms with Crippen molar-refractivity contribution in [1.29, 1.82) is 0 Å². The molecule has 5 nitrogen and oxygen atoms in total. The van der Waals surface area contributed by atoms with Gasteiger partial charge < -0.3 is 5.11 Å². The first kappa shape index (κ1) is 18.5. The van der Waals surface area contributed by atoms with Gasteiger partial charge >= 0.3 is 5.97 Å². The molecule has 1 N–H and O–H groups in total. The fourth-order valence-electron chi connectivity index (χ4n) is 2.82. The summed E-state index contributed by atoms with van der Waals surface area (Å²) < 4.78 is 27.1. The van der Waals surface area contributed by atoms with Crippen molar-refractivity contribution in [2.45, 2.75) is 36.7 Å². The maximum absolute atomic E-state index is 12.9. The van der Waals surface area contributed by atoms with Crippen LogP contribution >= 0.6 is 11.3 Å². The molecule has 0 fully saturated rings. The number of fused-ring (bicyclic) bond motifs is 1. The summed E-state index contributed by atoms with van der Waals surface area (Å²) in [5, 5.41) is 10.0. The third-order valence-corrected chi connectivity index (χ3v) is 7.89. The van der Waals surface area contributed by atoms with Crippen LogP contribution in [0, 0.1) is 6.92 Å². The molecule has 2 aromatic heterocycles. The molecule has 0 saturated heterocycles. The molecule has 0 spiro atoms. The molecule has 0 aliphatic rings. The van der Waals surface area contributed by atoms with Gasteiger partial charge in [-0.1, -0.05) is 19.9 Å². The summed E-state index contributed by atoms with van der Waals surface area (Å²) in [4.78, 5) is 15.1. The number of aromatic nitrogens is 1. The van der Waals surface area contributed by atoms with E-state index in [0.29, 0.717) is 10.1 Å². The minimum Gasteiger partial charge on any atom is -0.478 e. The Kier molecular flexibility index (Phi) is 4.86. The normalized spacial score (nSPS) is 12.0. The predicted octanol–water partition coefficient (Wildman–Crippen LogP) is 4.40. The Balaban J connectivity index is 2.03. The standard InChI is InChI=1S/C19H19NO4S2/c1-11(2)13-4-5-17-16(9-13)12(3)19(25-17)26(23,24)10-15-8-14(18(21)22)6-7-20-15/h4-9,11H,10H2,1-3H3,(H,21,22). The van der Waals surface area contributed by atoms with Gasteiger partial charge in [-0.05, 0) is 53.6 Å². The van der Waals surface area contributed by atoms with Gasteiger partial charge in [-0.3, -0.25) is 4.98 Å². The van der Waals surface area contributed by atoms with E-state index in [1.807, 2.05) is 25.1 Å². The van der Waals surface area contributed by atoms with Crippen LogP contribution in [0.3, 0.4) is 0 Å². The summed E-state index contributed by atoms with van der Waals surface area (Å²) in [7, 11) is -3.62. The first-order valence-corrected chi connectivity index (χ1v) is 10.6. The van der Waals surface area contributed by atoms with Crippen LogP contribution in [0.15, 0.2) is 40.7 Å². The summed E-state index contributed by atoms with van der Waals surface area (Å²) in [6.45, 7) is 6.01. The van der Waals surface area contributed by atoms with Gasteiger partial charge in [0.05, 0.1) is 17.0 Å². The van der Waals surface area contributed by atoms with Gasteiger partial charge in [0.15, 0.2) is 9.84 Å². The maximum atomic E-state index is 12.9. The van der Waals surface area contributed by atoms with E-state index >= 15 is 0 Å². The highest BCUT2D eigenvalue weighted by Crippen LogP contribution is 2.37. The van der Waals surface area contributed by atoms with Gasteiger partial charge in [0.25, 0.3) is 0 Å². The molecule has 7 heteroatoms. The van der Waals surface area contributed by atoms with E-state index in [9.17, 15) is 13.2 Å². The van der Waals surface area contributed by atoms with Crippen molar-refractivity contribution in [2.24, 2.45) is 0 Å². The van der Waals surface area contributed by atoms with Gasteiger partial charge in [-0.2, -0.15) is 0 Å². The number of hydrogen-bond donors (Lipinski definition) is 1. The molecule has 136 valence electrons. The molecule has 0 bridgehead atoms. The van der Waals surface area contributed by atoms with Crippen molar-refractivity contribution in [3.63, 3.8) is 0 Å². The number of sulfone groups is 1. The lowest BCUT2D eigenvalue weighted by molar-refractivity contribution is 0.0696. The molecule has 3 aromatic rings. The van der Waals surface area contributed by atoms with Crippen LogP contribution in [0.5, 0.6) is 0 Å². The lowest BCUT2D eigenvalue weighted by Crippen LogP contribution is -2.07. The number of carbonyl (C=O) groups is 1. The van der Waals surface area contributed by atoms with Crippen LogP contribution in [0.1, 0.15) is 46.9 Å². The van der Waals surface area contributed by atoms with Crippen molar-refractivity contribution >= 4 is 37.2 Å². The van der Waals surface area contributed by atoms with Crippen LogP contribution in [-0.4, -0.2) is 24.5 Å². The monoisotopic (exact) mass is 389 g/mol. The van der Waals surface area contributed by atoms with Gasteiger partial charge in [-0.25, -0.2) is 13.2 Å². The minimum atomic E-state index is -3.62. The molecule has 0 aliphatic heterocycles. The summed E-state index contributed by atoms with van der Waals surface area (Å²) >= 11 is 1.25. The number of hydrogen-bond acceptors (Lipinski definition) is 5. The smallest absolute Gasteiger partial charge is 0.335 e. The molecule has 2 heterocycles. The number of nitrogens with zero attached hydrogens (tertiary/aromatic N) is 1. The Morgan fingerprint density at radius 1 is 1.23 bits per heavy atom. The van der Waals surface area contributed by atoms with Crippen molar-refractivity contribution < 1.29 is 18.3 Å². The quantitative estimate of drug-likeness (QED) is 0.699. The number of thiophene rings is 1. The van der Waals surface area contributed by atoms with Crippen molar-refractivity contribution in [3.8, 4) is 0 Å². The van der Waals surface area contributed by atoms with Crippen LogP contribution in [0.4, 0.5) is 0 Å². The van der Waals surface area contributed by atoms with E-state index in [4.69, 9.17) is 5.11 Å². The zero-order valence-corrected chi connectivity index (χ0v) is 16.3. The van der Waals surface area contributed by atoms with E-state index in [1.54, 1.807) is 0 Å². The average molecular weight is 389 g/mol. The summed E-state index contributed by atoms with van der Waals surface area (Å²) in [6.07, 6.45) is 1.32. The molecular formula is C19H19NO4S2. The van der Waals surface area contributed by atoms with E-state index in [1.165, 1.54) is 29.7 Å². The van der Waals surface area contributed by atoms with Crippen LogP contribution in [0.25, 0.3) is 10.1 Å². The zero-order chi connectivity index (χ0) is 19.1. The highest BCUT2D eigenvalue weighted by molar-refractivity contribution is 7.93. The van der Waals surface area contributed by atoms with E-state index < -0.39 is 15.8 Å². The van der Waals surface area contributed by atoms with Gasteiger partial charge in [-0.15, -0.1) is 11.3 Å². The number of rotatable bonds is 5. The van der Waals surface area contributed by atoms with E-state index in [2.05, 4.69) is 18.8 Å². The minimum absolute atomic E-state index is 0.0276. The second-order valence-electron chi connectivity index (χ2n) is 6.52. The average Bonchev–Trinajstić information content (AvgIpc) is 2.92. The predicted molar refractivity (Wildman–Crippen MR) is 103 cm³/mol. The third kappa shape index (κ3) is 3.50. The zero-order valence-electron chi connectivity index (χ0n) is 14.7. The third-order valence-electron chi connectivity index (χ3n) is 4.27. The topological polar surface area (TPSA) is 84.3 Å². The summed E-state index contributed by atoms with van der Waals surface area (Å²) in [5.74, 6) is -1.06. The molecule has 0 aliphatic carbocycles. The number of benzene rings is 1. The molecule has 0 unspecified atom stereocenters. The van der Waals surface area contributed by atoms with Gasteiger partial charge in [0.1, 0.15) is 4.21 Å². The number of pyridine rings is 1. The summed E-state index contributed by atoms with van der Waals surface area (Å²) in [5.41, 5.74) is 2.16. The molecule has 0 amide bonds. The molecule has 0 radical (unpaired) electrons. The number of carboxylic acid groups (broad SMARTS) is 1. The van der Waals surface area contributed by atoms with Gasteiger partial charge in [0.2, 0.25) is 0 Å². The van der Waals surface area contributed by atoms with E-state index in [-0.39, 0.29) is 17.0 Å². The first-order chi connectivity index (χ1) is 12.2. The van der Waals surface area contributed by atoms with Crippen LogP contribution in [0.2, 0.25) is 0 Å². The molecule has 0 saturated carbocycles. The number of aromatic carboxylic acids is 1. The molecule has 0 atom stereocenters. The van der Waals surface area contributed by atoms with E-state index in [0.717, 1.165) is 21.2 Å². The fourth-order valence-corrected chi connectivity index (χ4v) is 5.95. The lowest BCUT2D eigenvalue weighted by Gasteiger charge is -2.05. The van der Waals surface area contributed by atoms with Crippen molar-refractivity contribution in [2.75, 3.05) is 0 Å². The summed E-state index contributed by atoms with van der Waals surface area (Å²) in [6, 6.07) is 8.69. The number of aryl methyl sites for hydroxylation is 1. The van der Waals surface area contributed by atoms with Crippen molar-refractivity contribution in [1.82, 2.24) is 4.98 Å². The van der Waals surface area contributed by atoms with Crippen molar-refractivity contribution in [3.05, 3.63) is 58.9 Å². The molecule has 26 heavy (non-hydrogen) atoms. The highest BCUT2D eigenvalue weighted by atomic mass is 32.2. The largest absolute Gasteiger partial charge is 0.478 e. The molecule has 3 rings (SSSR count). The highest BCUT2D eigenvalue weighted by Gasteiger charge is 2.23. The Labute approximate surface area is 156 Å². The fraction of sp³-hybridized carbons (Fsp3) is 0.263. The first-order valence-electron chi connectivity index (χ1n) is 8.13. The second-order valence-corrected chi connectivity index (χ2v) is 9.76. The van der Waals surface area contributed by atoms with Crippen LogP contribution in [-0.2, 0) is 15.6 Å². The Hall–Kier alpha value is -2.25. The van der Waals surface area contributed by atoms with Crippen LogP contribution < -0.4 is 0 Å². The Bertz CT molecular complexity index is 1100. The lowest BCUT2D eigenvalue weighted by atomic mass is 10.0. The Morgan fingerprint density at radius 3 is 2.62 bits per heavy atom. The second kappa shape index (κ2) is 6.81. The molecular weight excluding hydrogens is 370 g/mol. The SMILES string of the molecule is Cc1c(S(=O)(=O)Cc2cc(C(=O)O)ccn2)sc2ccc(C(C)C)cc12. The maximum Gasteiger partial charge on any atom is 0.335 e. The molecule has 1 aromatic carbocycles. The number of carboxylic acids is 1.